The molecule has 1 heterocycles. The van der Waals surface area contributed by atoms with E-state index in [1.165, 1.54) is 0 Å². The lowest BCUT2D eigenvalue weighted by Crippen LogP contribution is -2.02. The molecule has 0 aliphatic heterocycles. The van der Waals surface area contributed by atoms with Crippen LogP contribution in [0.25, 0.3) is 11.1 Å². The quantitative estimate of drug-likeness (QED) is 0.854. The lowest BCUT2D eigenvalue weighted by Gasteiger charge is -1.87. The highest BCUT2D eigenvalue weighted by molar-refractivity contribution is 5.85. The van der Waals surface area contributed by atoms with Gasteiger partial charge >= 0.3 is 0 Å². The van der Waals surface area contributed by atoms with Crippen molar-refractivity contribution in [1.82, 2.24) is 4.98 Å². The molecule has 0 spiro atoms. The monoisotopic (exact) mass is 250 g/mol. The normalized spacial score (nSPS) is 9.40. The number of phenolic OH excluding ortho intramolecular Hbond substituents is 1. The Hall–Kier alpha value is -0.970. The van der Waals surface area contributed by atoms with Gasteiger partial charge in [0.15, 0.2) is 11.5 Å². The second kappa shape index (κ2) is 5.80. The van der Waals surface area contributed by atoms with Crippen LogP contribution in [0, 0.1) is 0 Å². The van der Waals surface area contributed by atoms with Crippen molar-refractivity contribution in [1.29, 1.82) is 0 Å². The number of hydrogen-bond acceptors (Lipinski definition) is 4. The molecule has 4 nitrogen and oxygen atoms in total. The highest BCUT2D eigenvalue weighted by Crippen LogP contribution is 2.20. The van der Waals surface area contributed by atoms with Gasteiger partial charge in [-0.15, -0.1) is 24.8 Å². The molecule has 0 amide bonds. The van der Waals surface area contributed by atoms with Gasteiger partial charge in [0.1, 0.15) is 11.3 Å². The fourth-order valence-corrected chi connectivity index (χ4v) is 1.19. The molecule has 2 aromatic rings. The second-order valence-electron chi connectivity index (χ2n) is 2.80. The molecule has 0 atom stereocenters. The second-order valence-corrected chi connectivity index (χ2v) is 2.80. The van der Waals surface area contributed by atoms with Gasteiger partial charge < -0.3 is 15.3 Å². The highest BCUT2D eigenvalue weighted by Gasteiger charge is 2.04. The molecule has 15 heavy (non-hydrogen) atoms. The van der Waals surface area contributed by atoms with Crippen LogP contribution < -0.4 is 5.73 Å². The summed E-state index contributed by atoms with van der Waals surface area (Å²) in [4.78, 5) is 4.16. The molecule has 3 N–H and O–H groups in total. The number of rotatable bonds is 2. The summed E-state index contributed by atoms with van der Waals surface area (Å²) in [6.07, 6.45) is 0.620. The van der Waals surface area contributed by atoms with Crippen LogP contribution in [0.4, 0.5) is 0 Å². The Morgan fingerprint density at radius 1 is 1.33 bits per heavy atom. The van der Waals surface area contributed by atoms with Gasteiger partial charge in [0.25, 0.3) is 0 Å². The van der Waals surface area contributed by atoms with E-state index >= 15 is 0 Å². The zero-order valence-corrected chi connectivity index (χ0v) is 9.48. The lowest BCUT2D eigenvalue weighted by atomic mass is 10.3. The van der Waals surface area contributed by atoms with Gasteiger partial charge in [-0.1, -0.05) is 0 Å². The summed E-state index contributed by atoms with van der Waals surface area (Å²) < 4.78 is 5.36. The van der Waals surface area contributed by atoms with E-state index in [0.717, 1.165) is 0 Å². The Kier molecular flexibility index (Phi) is 5.43. The van der Waals surface area contributed by atoms with E-state index in [2.05, 4.69) is 4.98 Å². The minimum atomic E-state index is 0. The third-order valence-corrected chi connectivity index (χ3v) is 1.77. The van der Waals surface area contributed by atoms with Crippen molar-refractivity contribution in [2.24, 2.45) is 5.73 Å². The maximum absolute atomic E-state index is 9.16. The molecule has 1 aromatic heterocycles. The minimum absolute atomic E-state index is 0. The molecule has 0 bridgehead atoms. The number of aromatic nitrogens is 1. The minimum Gasteiger partial charge on any atom is -0.508 e. The third kappa shape index (κ3) is 2.99. The summed E-state index contributed by atoms with van der Waals surface area (Å²) >= 11 is 0. The van der Waals surface area contributed by atoms with Crippen LogP contribution in [0.3, 0.4) is 0 Å². The Morgan fingerprint density at radius 2 is 2.07 bits per heavy atom. The molecule has 1 aromatic carbocycles. The van der Waals surface area contributed by atoms with Crippen molar-refractivity contribution in [2.75, 3.05) is 6.54 Å². The number of oxazole rings is 1. The van der Waals surface area contributed by atoms with Crippen molar-refractivity contribution in [2.45, 2.75) is 6.42 Å². The average molecular weight is 251 g/mol. The number of nitrogens with two attached hydrogens (primary N) is 1. The van der Waals surface area contributed by atoms with Crippen LogP contribution in [-0.2, 0) is 6.42 Å². The molecular formula is C9H12Cl2N2O2. The summed E-state index contributed by atoms with van der Waals surface area (Å²) in [7, 11) is 0. The van der Waals surface area contributed by atoms with Gasteiger partial charge in [0.2, 0.25) is 0 Å². The largest absolute Gasteiger partial charge is 0.508 e. The van der Waals surface area contributed by atoms with Crippen molar-refractivity contribution in [3.8, 4) is 5.75 Å². The zero-order chi connectivity index (χ0) is 9.26. The van der Waals surface area contributed by atoms with Crippen molar-refractivity contribution < 1.29 is 9.52 Å². The number of benzene rings is 1. The van der Waals surface area contributed by atoms with Crippen LogP contribution in [0.15, 0.2) is 22.6 Å². The van der Waals surface area contributed by atoms with Crippen molar-refractivity contribution >= 4 is 35.9 Å². The van der Waals surface area contributed by atoms with E-state index in [0.29, 0.717) is 30.0 Å². The number of nitrogens with zero attached hydrogens (tertiary/aromatic N) is 1. The number of phenols is 1. The Labute approximate surface area is 99.3 Å². The predicted molar refractivity (Wildman–Crippen MR) is 62.9 cm³/mol. The van der Waals surface area contributed by atoms with Crippen LogP contribution in [0.5, 0.6) is 5.75 Å². The van der Waals surface area contributed by atoms with Crippen molar-refractivity contribution in [3.05, 3.63) is 24.1 Å². The van der Waals surface area contributed by atoms with Crippen LogP contribution in [0.1, 0.15) is 5.89 Å². The highest BCUT2D eigenvalue weighted by atomic mass is 35.5. The first-order valence-electron chi connectivity index (χ1n) is 4.08. The molecule has 0 fully saturated rings. The van der Waals surface area contributed by atoms with Crippen LogP contribution in [0.2, 0.25) is 0 Å². The Bertz CT molecular complexity index is 431. The van der Waals surface area contributed by atoms with Gasteiger partial charge in [-0.3, -0.25) is 0 Å². The van der Waals surface area contributed by atoms with Gasteiger partial charge in [-0.05, 0) is 12.1 Å². The molecule has 84 valence electrons. The van der Waals surface area contributed by atoms with Gasteiger partial charge in [0, 0.05) is 19.0 Å². The summed E-state index contributed by atoms with van der Waals surface area (Å²) in [5, 5.41) is 9.16. The number of aromatic hydroxyl groups is 1. The van der Waals surface area contributed by atoms with E-state index in [1.54, 1.807) is 18.2 Å². The fraction of sp³-hybridized carbons (Fsp3) is 0.222. The summed E-state index contributed by atoms with van der Waals surface area (Å²) in [6, 6.07) is 4.83. The fourth-order valence-electron chi connectivity index (χ4n) is 1.19. The van der Waals surface area contributed by atoms with Crippen molar-refractivity contribution in [3.63, 3.8) is 0 Å². The SMILES string of the molecule is Cl.Cl.NCCc1nc2cc(O)ccc2o1. The van der Waals surface area contributed by atoms with E-state index < -0.39 is 0 Å². The zero-order valence-electron chi connectivity index (χ0n) is 7.84. The average Bonchev–Trinajstić information content (AvgIpc) is 2.46. The third-order valence-electron chi connectivity index (χ3n) is 1.77. The van der Waals surface area contributed by atoms with E-state index in [4.69, 9.17) is 15.3 Å². The maximum atomic E-state index is 9.16. The number of halogens is 2. The number of fused-ring (bicyclic) bond motifs is 1. The predicted octanol–water partition coefficient (Wildman–Crippen LogP) is 1.88. The number of hydrogen-bond donors (Lipinski definition) is 2. The lowest BCUT2D eigenvalue weighted by molar-refractivity contribution is 0.475. The van der Waals surface area contributed by atoms with Gasteiger partial charge in [-0.2, -0.15) is 0 Å². The maximum Gasteiger partial charge on any atom is 0.196 e. The topological polar surface area (TPSA) is 72.3 Å². The molecule has 0 saturated carbocycles. The molecule has 0 aliphatic carbocycles. The summed E-state index contributed by atoms with van der Waals surface area (Å²) in [6.45, 7) is 0.513. The molecule has 0 unspecified atom stereocenters. The smallest absolute Gasteiger partial charge is 0.196 e. The summed E-state index contributed by atoms with van der Waals surface area (Å²) in [5.74, 6) is 0.809. The van der Waals surface area contributed by atoms with Crippen LogP contribution >= 0.6 is 24.8 Å². The molecule has 0 radical (unpaired) electrons. The first-order valence-corrected chi connectivity index (χ1v) is 4.08. The first kappa shape index (κ1) is 14.0. The molecule has 2 rings (SSSR count). The van der Waals surface area contributed by atoms with E-state index in [9.17, 15) is 0 Å². The Morgan fingerprint density at radius 3 is 2.73 bits per heavy atom. The van der Waals surface area contributed by atoms with E-state index in [1.807, 2.05) is 0 Å². The molecule has 6 heteroatoms. The van der Waals surface area contributed by atoms with Crippen LogP contribution in [-0.4, -0.2) is 16.6 Å². The van der Waals surface area contributed by atoms with E-state index in [-0.39, 0.29) is 30.6 Å². The summed E-state index contributed by atoms with van der Waals surface area (Å²) in [5.41, 5.74) is 6.71. The molecule has 0 saturated heterocycles. The van der Waals surface area contributed by atoms with Gasteiger partial charge in [-0.25, -0.2) is 4.98 Å². The van der Waals surface area contributed by atoms with Gasteiger partial charge in [0.05, 0.1) is 0 Å². The molecule has 0 aliphatic rings. The first-order chi connectivity index (χ1) is 6.29. The Balaban J connectivity index is 0.000000980. The standard InChI is InChI=1S/C9H10N2O2.2ClH/c10-4-3-9-11-7-5-6(12)1-2-8(7)13-9;;/h1-2,5,12H,3-4,10H2;2*1H. The molecular weight excluding hydrogens is 239 g/mol.